The zero-order valence-electron chi connectivity index (χ0n) is 17.5. The minimum absolute atomic E-state index is 0.195. The van der Waals surface area contributed by atoms with Gasteiger partial charge in [-0.25, -0.2) is 0 Å². The number of anilines is 2. The lowest BCUT2D eigenvalue weighted by Gasteiger charge is -2.42. The molecule has 3 saturated heterocycles. The van der Waals surface area contributed by atoms with Gasteiger partial charge in [-0.05, 0) is 58.5 Å². The molecule has 0 spiro atoms. The predicted molar refractivity (Wildman–Crippen MR) is 114 cm³/mol. The molecule has 7 nitrogen and oxygen atoms in total. The molecule has 0 saturated carbocycles. The highest BCUT2D eigenvalue weighted by atomic mass is 16.5. The van der Waals surface area contributed by atoms with Crippen LogP contribution in [0.2, 0.25) is 0 Å². The van der Waals surface area contributed by atoms with Crippen molar-refractivity contribution in [1.82, 2.24) is 4.90 Å². The Morgan fingerprint density at radius 2 is 1.52 bits per heavy atom. The van der Waals surface area contributed by atoms with E-state index in [2.05, 4.69) is 9.80 Å². The third-order valence-corrected chi connectivity index (χ3v) is 6.91. The van der Waals surface area contributed by atoms with Gasteiger partial charge in [-0.3, -0.25) is 14.4 Å². The van der Waals surface area contributed by atoms with E-state index in [0.717, 1.165) is 45.3 Å². The Kier molecular flexibility index (Phi) is 6.23. The van der Waals surface area contributed by atoms with Crippen molar-refractivity contribution in [1.29, 1.82) is 0 Å². The highest BCUT2D eigenvalue weighted by Crippen LogP contribution is 2.32. The van der Waals surface area contributed by atoms with E-state index in [0.29, 0.717) is 30.6 Å². The second-order valence-corrected chi connectivity index (χ2v) is 8.71. The number of carbonyl (C=O) groups is 1. The normalized spacial score (nSPS) is 24.8. The van der Waals surface area contributed by atoms with E-state index in [1.807, 2.05) is 4.90 Å². The fraction of sp³-hybridized carbons (Fsp3) is 0.773. The molecule has 1 aromatic rings. The highest BCUT2D eigenvalue weighted by Gasteiger charge is 2.36. The zero-order chi connectivity index (χ0) is 20.4. The lowest BCUT2D eigenvalue weighted by Crippen LogP contribution is -2.53. The highest BCUT2D eigenvalue weighted by molar-refractivity contribution is 5.79. The van der Waals surface area contributed by atoms with Crippen LogP contribution in [0.5, 0.6) is 0 Å². The van der Waals surface area contributed by atoms with Crippen molar-refractivity contribution in [2.45, 2.75) is 57.9 Å². The van der Waals surface area contributed by atoms with Gasteiger partial charge in [-0.2, -0.15) is 0 Å². The Morgan fingerprint density at radius 3 is 2.17 bits per heavy atom. The maximum Gasteiger partial charge on any atom is 0.310 e. The monoisotopic (exact) mass is 403 g/mol. The van der Waals surface area contributed by atoms with Crippen LogP contribution in [0, 0.1) is 5.92 Å². The van der Waals surface area contributed by atoms with Gasteiger partial charge in [0.2, 0.25) is 0 Å². The molecule has 1 aromatic carbocycles. The van der Waals surface area contributed by atoms with E-state index in [1.165, 1.54) is 32.4 Å². The first-order valence-corrected chi connectivity index (χ1v) is 11.3. The molecule has 29 heavy (non-hydrogen) atoms. The molecule has 3 heterocycles. The van der Waals surface area contributed by atoms with Gasteiger partial charge in [0.15, 0.2) is 0 Å². The van der Waals surface area contributed by atoms with Gasteiger partial charge < -0.3 is 19.4 Å². The number of likely N-dealkylation sites (tertiary alicyclic amines) is 1. The maximum absolute atomic E-state index is 12.4. The number of carbonyl (C=O) groups excluding carboxylic acids is 1. The number of hydrogen-bond donors (Lipinski definition) is 0. The van der Waals surface area contributed by atoms with E-state index in [1.54, 1.807) is 6.92 Å². The molecule has 3 aliphatic heterocycles. The Bertz CT molecular complexity index is 786. The van der Waals surface area contributed by atoms with Crippen molar-refractivity contribution in [3.8, 4) is 0 Å². The van der Waals surface area contributed by atoms with Gasteiger partial charge in [0.05, 0.1) is 12.5 Å². The van der Waals surface area contributed by atoms with E-state index in [4.69, 9.17) is 4.74 Å². The van der Waals surface area contributed by atoms with Gasteiger partial charge in [-0.15, -0.1) is 0 Å². The topological polar surface area (TPSA) is 70.2 Å². The van der Waals surface area contributed by atoms with Crippen molar-refractivity contribution in [2.75, 3.05) is 55.7 Å². The fourth-order valence-electron chi connectivity index (χ4n) is 5.33. The third-order valence-electron chi connectivity index (χ3n) is 6.91. The molecule has 4 rings (SSSR count). The molecule has 7 heteroatoms. The number of hydrogen-bond acceptors (Lipinski definition) is 7. The summed E-state index contributed by atoms with van der Waals surface area (Å²) >= 11 is 0. The van der Waals surface area contributed by atoms with Crippen LogP contribution in [0.1, 0.15) is 51.9 Å². The summed E-state index contributed by atoms with van der Waals surface area (Å²) in [6, 6.07) is 0.602. The SMILES string of the molecule is CCOC(=O)C1CCCN(c2c(N3CCC(N4CCCCC4)CC3)c(=O)c2=O)C1. The Balaban J connectivity index is 1.42. The molecule has 3 fully saturated rings. The van der Waals surface area contributed by atoms with Crippen LogP contribution < -0.4 is 20.7 Å². The summed E-state index contributed by atoms with van der Waals surface area (Å²) in [5.74, 6) is -0.411. The van der Waals surface area contributed by atoms with Gasteiger partial charge in [0.1, 0.15) is 11.4 Å². The Morgan fingerprint density at radius 1 is 0.862 bits per heavy atom. The molecule has 0 radical (unpaired) electrons. The lowest BCUT2D eigenvalue weighted by atomic mass is 9.95. The summed E-state index contributed by atoms with van der Waals surface area (Å²) in [6.45, 7) is 7.41. The molecule has 0 aromatic heterocycles. The van der Waals surface area contributed by atoms with Crippen LogP contribution in [0.3, 0.4) is 0 Å². The first-order chi connectivity index (χ1) is 14.1. The average Bonchev–Trinajstić information content (AvgIpc) is 2.77. The molecule has 1 atom stereocenters. The summed E-state index contributed by atoms with van der Waals surface area (Å²) in [4.78, 5) is 43.7. The number of esters is 1. The van der Waals surface area contributed by atoms with E-state index < -0.39 is 0 Å². The minimum atomic E-state index is -0.386. The maximum atomic E-state index is 12.4. The number of ether oxygens (including phenoxy) is 1. The summed E-state index contributed by atoms with van der Waals surface area (Å²) in [5, 5.41) is 0. The van der Waals surface area contributed by atoms with Crippen molar-refractivity contribution in [2.24, 2.45) is 5.92 Å². The summed E-state index contributed by atoms with van der Waals surface area (Å²) in [7, 11) is 0. The first-order valence-electron chi connectivity index (χ1n) is 11.3. The number of piperidine rings is 3. The van der Waals surface area contributed by atoms with Crippen molar-refractivity contribution >= 4 is 17.3 Å². The zero-order valence-corrected chi connectivity index (χ0v) is 17.5. The van der Waals surface area contributed by atoms with Gasteiger partial charge in [0, 0.05) is 32.2 Å². The van der Waals surface area contributed by atoms with Crippen LogP contribution in [0.15, 0.2) is 9.59 Å². The smallest absolute Gasteiger partial charge is 0.310 e. The standard InChI is InChI=1S/C22H33N3O4/c1-2-29-22(28)16-7-6-12-25(15-16)19-18(20(26)21(19)27)24-13-8-17(9-14-24)23-10-4-3-5-11-23/h16-17H,2-15H2,1H3. The first kappa shape index (κ1) is 20.4. The molecule has 0 amide bonds. The van der Waals surface area contributed by atoms with Crippen LogP contribution >= 0.6 is 0 Å². The lowest BCUT2D eigenvalue weighted by molar-refractivity contribution is -0.148. The quantitative estimate of drug-likeness (QED) is 0.545. The van der Waals surface area contributed by atoms with Gasteiger partial charge in [0.25, 0.3) is 10.9 Å². The minimum Gasteiger partial charge on any atom is -0.466 e. The molecule has 0 aliphatic carbocycles. The van der Waals surface area contributed by atoms with Crippen LogP contribution in [0.25, 0.3) is 0 Å². The molecule has 1 unspecified atom stereocenters. The van der Waals surface area contributed by atoms with E-state index in [9.17, 15) is 14.4 Å². The molecule has 0 N–H and O–H groups in total. The van der Waals surface area contributed by atoms with Crippen LogP contribution in [-0.2, 0) is 9.53 Å². The summed E-state index contributed by atoms with van der Waals surface area (Å²) < 4.78 is 5.17. The van der Waals surface area contributed by atoms with Crippen molar-refractivity contribution < 1.29 is 9.53 Å². The fourth-order valence-corrected chi connectivity index (χ4v) is 5.33. The van der Waals surface area contributed by atoms with Gasteiger partial charge in [-0.1, -0.05) is 6.42 Å². The largest absolute Gasteiger partial charge is 0.466 e. The molecule has 3 aliphatic rings. The second-order valence-electron chi connectivity index (χ2n) is 8.71. The Hall–Kier alpha value is -1.89. The van der Waals surface area contributed by atoms with Crippen LogP contribution in [0.4, 0.5) is 11.4 Å². The summed E-state index contributed by atoms with van der Waals surface area (Å²) in [6.07, 6.45) is 7.62. The van der Waals surface area contributed by atoms with Crippen LogP contribution in [-0.4, -0.2) is 62.8 Å². The third kappa shape index (κ3) is 4.06. The van der Waals surface area contributed by atoms with E-state index in [-0.39, 0.29) is 22.7 Å². The number of nitrogens with zero attached hydrogens (tertiary/aromatic N) is 3. The molecule has 0 bridgehead atoms. The second kappa shape index (κ2) is 8.86. The molecular weight excluding hydrogens is 370 g/mol. The average molecular weight is 404 g/mol. The van der Waals surface area contributed by atoms with Crippen molar-refractivity contribution in [3.05, 3.63) is 20.4 Å². The van der Waals surface area contributed by atoms with E-state index >= 15 is 0 Å². The molecule has 160 valence electrons. The Labute approximate surface area is 172 Å². The number of rotatable bonds is 5. The van der Waals surface area contributed by atoms with Gasteiger partial charge >= 0.3 is 5.97 Å². The van der Waals surface area contributed by atoms with Crippen molar-refractivity contribution in [3.63, 3.8) is 0 Å². The predicted octanol–water partition coefficient (Wildman–Crippen LogP) is 1.52. The summed E-state index contributed by atoms with van der Waals surface area (Å²) in [5.41, 5.74) is 0.398. The molecular formula is C22H33N3O4.